The molecule has 0 saturated carbocycles. The molecule has 1 aromatic rings. The molecule has 0 radical (unpaired) electrons. The maximum Gasteiger partial charge on any atom is 0.516 e. The van der Waals surface area contributed by atoms with Gasteiger partial charge >= 0.3 is 7.12 Å². The Morgan fingerprint density at radius 2 is 1.94 bits per heavy atom. The number of nitrogens with zero attached hydrogens (tertiary/aromatic N) is 2. The maximum absolute atomic E-state index is 7.40. The van der Waals surface area contributed by atoms with E-state index in [-0.39, 0.29) is 5.88 Å². The first-order chi connectivity index (χ1) is 10.3. The van der Waals surface area contributed by atoms with Crippen LogP contribution in [0.1, 0.15) is 41.4 Å². The molecule has 0 aliphatic carbocycles. The lowest BCUT2D eigenvalue weighted by Crippen LogP contribution is -2.41. The summed E-state index contributed by atoms with van der Waals surface area (Å²) in [5, 5.41) is 0. The van der Waals surface area contributed by atoms with Gasteiger partial charge in [-0.15, -0.1) is 0 Å². The predicted molar refractivity (Wildman–Crippen MR) is 68.9 cm³/mol. The Hall–Kier alpha value is -1.14. The second kappa shape index (κ2) is 4.51. The summed E-state index contributed by atoms with van der Waals surface area (Å²) in [6.45, 7) is 1.84. The van der Waals surface area contributed by atoms with Gasteiger partial charge in [-0.3, -0.25) is 4.98 Å². The highest BCUT2D eigenvalue weighted by Gasteiger charge is 2.52. The molecular formula is C12H19BN2O3. The quantitative estimate of drug-likeness (QED) is 0.759. The third-order valence-corrected chi connectivity index (χ3v) is 3.30. The molecule has 18 heavy (non-hydrogen) atoms. The highest BCUT2D eigenvalue weighted by molar-refractivity contribution is 6.61. The lowest BCUT2D eigenvalue weighted by atomic mass is 9.85. The standard InChI is InChI=1S/C12H19BN2O3/c1-6-16-10-8-14-9(7-15-10)13-17-11(2,3)12(4,5)18-13/h7-8H,6H2,1-5H3/i1D3,6D2. The van der Waals surface area contributed by atoms with Crippen LogP contribution in [0.5, 0.6) is 5.88 Å². The van der Waals surface area contributed by atoms with Gasteiger partial charge in [0.1, 0.15) is 0 Å². The summed E-state index contributed by atoms with van der Waals surface area (Å²) in [4.78, 5) is 7.95. The maximum atomic E-state index is 7.40. The van der Waals surface area contributed by atoms with Gasteiger partial charge in [-0.05, 0) is 34.5 Å². The molecule has 1 aliphatic rings. The largest absolute Gasteiger partial charge is 0.516 e. The average molecular weight is 255 g/mol. The molecular weight excluding hydrogens is 231 g/mol. The van der Waals surface area contributed by atoms with E-state index in [4.69, 9.17) is 20.9 Å². The van der Waals surface area contributed by atoms with Crippen LogP contribution < -0.4 is 10.3 Å². The molecule has 2 heterocycles. The first-order valence-electron chi connectivity index (χ1n) is 8.12. The van der Waals surface area contributed by atoms with Crippen LogP contribution in [0.2, 0.25) is 0 Å². The fourth-order valence-electron chi connectivity index (χ4n) is 1.52. The molecule has 1 aliphatic heterocycles. The normalized spacial score (nSPS) is 26.7. The van der Waals surface area contributed by atoms with E-state index in [1.165, 1.54) is 6.20 Å². The Kier molecular flexibility index (Phi) is 2.04. The molecule has 5 nitrogen and oxygen atoms in total. The lowest BCUT2D eigenvalue weighted by Gasteiger charge is -2.32. The topological polar surface area (TPSA) is 53.5 Å². The van der Waals surface area contributed by atoms with Gasteiger partial charge in [0.2, 0.25) is 5.88 Å². The Bertz CT molecular complexity index is 561. The molecule has 1 fully saturated rings. The lowest BCUT2D eigenvalue weighted by molar-refractivity contribution is 0.00578. The molecule has 98 valence electrons. The average Bonchev–Trinajstić information content (AvgIpc) is 2.57. The van der Waals surface area contributed by atoms with Crippen LogP contribution in [0, 0.1) is 0 Å². The van der Waals surface area contributed by atoms with E-state index in [0.29, 0.717) is 5.59 Å². The summed E-state index contributed by atoms with van der Waals surface area (Å²) in [6, 6.07) is 0. The minimum absolute atomic E-state index is 0.230. The number of hydrogen-bond acceptors (Lipinski definition) is 5. The van der Waals surface area contributed by atoms with Gasteiger partial charge in [-0.1, -0.05) is 0 Å². The number of ether oxygens (including phenoxy) is 1. The molecule has 1 saturated heterocycles. The van der Waals surface area contributed by atoms with E-state index in [9.17, 15) is 0 Å². The van der Waals surface area contributed by atoms with Crippen molar-refractivity contribution in [2.24, 2.45) is 0 Å². The first-order valence-corrected chi connectivity index (χ1v) is 5.62. The summed E-state index contributed by atoms with van der Waals surface area (Å²) >= 11 is 0. The van der Waals surface area contributed by atoms with E-state index in [2.05, 4.69) is 9.97 Å². The van der Waals surface area contributed by atoms with Crippen LogP contribution >= 0.6 is 0 Å². The van der Waals surface area contributed by atoms with E-state index < -0.39 is 31.7 Å². The fourth-order valence-corrected chi connectivity index (χ4v) is 1.52. The smallest absolute Gasteiger partial charge is 0.477 e. The van der Waals surface area contributed by atoms with Gasteiger partial charge < -0.3 is 14.0 Å². The van der Waals surface area contributed by atoms with Crippen LogP contribution in [0.3, 0.4) is 0 Å². The number of rotatable bonds is 3. The number of aromatic nitrogens is 2. The third kappa shape index (κ3) is 2.35. The summed E-state index contributed by atoms with van der Waals surface area (Å²) in [5.41, 5.74) is -0.647. The molecule has 6 heteroatoms. The van der Waals surface area contributed by atoms with Crippen LogP contribution in [0.15, 0.2) is 12.4 Å². The van der Waals surface area contributed by atoms with E-state index in [1.54, 1.807) is 0 Å². The van der Waals surface area contributed by atoms with Gasteiger partial charge in [0, 0.05) is 10.3 Å². The SMILES string of the molecule is [2H]C([2H])([2H])C([2H])([2H])Oc1cnc(B2OC(C)(C)C(C)(C)O2)cn1. The second-order valence-corrected chi connectivity index (χ2v) is 5.07. The van der Waals surface area contributed by atoms with Crippen molar-refractivity contribution < 1.29 is 20.9 Å². The van der Waals surface area contributed by atoms with Crippen molar-refractivity contribution in [3.05, 3.63) is 12.4 Å². The number of hydrogen-bond donors (Lipinski definition) is 0. The summed E-state index contributed by atoms with van der Waals surface area (Å²) in [6.07, 6.45) is 2.46. The second-order valence-electron chi connectivity index (χ2n) is 5.07. The zero-order valence-electron chi connectivity index (χ0n) is 15.9. The Morgan fingerprint density at radius 3 is 2.44 bits per heavy atom. The molecule has 0 bridgehead atoms. The van der Waals surface area contributed by atoms with Gasteiger partial charge in [0.15, 0.2) is 0 Å². The van der Waals surface area contributed by atoms with Crippen molar-refractivity contribution in [3.63, 3.8) is 0 Å². The molecule has 0 spiro atoms. The third-order valence-electron chi connectivity index (χ3n) is 3.30. The minimum atomic E-state index is -2.93. The monoisotopic (exact) mass is 255 g/mol. The summed E-state index contributed by atoms with van der Waals surface area (Å²) < 4.78 is 52.5. The van der Waals surface area contributed by atoms with E-state index >= 15 is 0 Å². The van der Waals surface area contributed by atoms with Crippen LogP contribution in [0.4, 0.5) is 0 Å². The van der Waals surface area contributed by atoms with Crippen molar-refractivity contribution in [3.8, 4) is 5.88 Å². The Morgan fingerprint density at radius 1 is 1.28 bits per heavy atom. The Labute approximate surface area is 115 Å². The van der Waals surface area contributed by atoms with Crippen molar-refractivity contribution in [1.29, 1.82) is 0 Å². The zero-order valence-corrected chi connectivity index (χ0v) is 10.9. The molecule has 0 unspecified atom stereocenters. The Balaban J connectivity index is 2.13. The summed E-state index contributed by atoms with van der Waals surface area (Å²) in [5.74, 6) is -0.230. The molecule has 0 aromatic carbocycles. The molecule has 1 aromatic heterocycles. The highest BCUT2D eigenvalue weighted by atomic mass is 16.7. The fraction of sp³-hybridized carbons (Fsp3) is 0.667. The van der Waals surface area contributed by atoms with Gasteiger partial charge in [0.05, 0.1) is 32.3 Å². The van der Waals surface area contributed by atoms with Gasteiger partial charge in [-0.2, -0.15) is 0 Å². The molecule has 0 N–H and O–H groups in total. The van der Waals surface area contributed by atoms with Crippen molar-refractivity contribution in [2.45, 2.75) is 45.7 Å². The first kappa shape index (κ1) is 8.12. The summed E-state index contributed by atoms with van der Waals surface area (Å²) in [7, 11) is -0.707. The molecule has 2 rings (SSSR count). The minimum Gasteiger partial charge on any atom is -0.477 e. The van der Waals surface area contributed by atoms with Crippen molar-refractivity contribution >= 4 is 12.7 Å². The molecule has 0 amide bonds. The molecule has 0 atom stereocenters. The van der Waals surface area contributed by atoms with Gasteiger partial charge in [0.25, 0.3) is 0 Å². The van der Waals surface area contributed by atoms with E-state index in [0.717, 1.165) is 6.20 Å². The van der Waals surface area contributed by atoms with Crippen LogP contribution in [-0.4, -0.2) is 34.8 Å². The van der Waals surface area contributed by atoms with Crippen LogP contribution in [0.25, 0.3) is 0 Å². The van der Waals surface area contributed by atoms with Gasteiger partial charge in [-0.25, -0.2) is 4.98 Å². The van der Waals surface area contributed by atoms with E-state index in [1.807, 2.05) is 27.7 Å². The van der Waals surface area contributed by atoms with Crippen molar-refractivity contribution in [2.75, 3.05) is 6.56 Å². The zero-order chi connectivity index (χ0) is 17.7. The predicted octanol–water partition coefficient (Wildman–Crippen LogP) is 1.17. The highest BCUT2D eigenvalue weighted by Crippen LogP contribution is 2.36. The van der Waals surface area contributed by atoms with Crippen LogP contribution in [-0.2, 0) is 9.31 Å². The van der Waals surface area contributed by atoms with Crippen molar-refractivity contribution in [1.82, 2.24) is 9.97 Å².